The standard InChI is InChI=1S/C13H20ClNO3S/c1-13(2,3)6-7-15-19(17,18)12-8-10(9-16)4-5-11(12)14/h4-5,8,15-16H,6-7,9H2,1-3H3. The van der Waals surface area contributed by atoms with E-state index in [9.17, 15) is 8.42 Å². The average Bonchev–Trinajstić information content (AvgIpc) is 2.27. The Balaban J connectivity index is 2.88. The number of halogens is 1. The van der Waals surface area contributed by atoms with Gasteiger partial charge in [-0.1, -0.05) is 38.4 Å². The number of aliphatic hydroxyl groups is 1. The van der Waals surface area contributed by atoms with E-state index in [1.165, 1.54) is 12.1 Å². The molecule has 0 aliphatic heterocycles. The van der Waals surface area contributed by atoms with E-state index >= 15 is 0 Å². The van der Waals surface area contributed by atoms with Gasteiger partial charge in [-0.25, -0.2) is 13.1 Å². The summed E-state index contributed by atoms with van der Waals surface area (Å²) in [5, 5.41) is 9.20. The van der Waals surface area contributed by atoms with Gasteiger partial charge in [-0.15, -0.1) is 0 Å². The summed E-state index contributed by atoms with van der Waals surface area (Å²) in [6.45, 7) is 6.26. The third-order valence-corrected chi connectivity index (χ3v) is 4.58. The molecule has 1 aromatic rings. The molecular weight excluding hydrogens is 286 g/mol. The summed E-state index contributed by atoms with van der Waals surface area (Å²) >= 11 is 5.91. The molecule has 4 nitrogen and oxygen atoms in total. The van der Waals surface area contributed by atoms with Crippen LogP contribution in [0.25, 0.3) is 0 Å². The molecule has 1 aromatic carbocycles. The maximum atomic E-state index is 12.1. The molecule has 0 aromatic heterocycles. The number of hydrogen-bond acceptors (Lipinski definition) is 3. The maximum Gasteiger partial charge on any atom is 0.242 e. The molecule has 0 unspecified atom stereocenters. The van der Waals surface area contributed by atoms with Crippen molar-refractivity contribution in [3.8, 4) is 0 Å². The molecule has 0 saturated heterocycles. The van der Waals surface area contributed by atoms with Crippen molar-refractivity contribution in [2.24, 2.45) is 5.41 Å². The van der Waals surface area contributed by atoms with Crippen LogP contribution in [0.4, 0.5) is 0 Å². The van der Waals surface area contributed by atoms with Gasteiger partial charge in [0.2, 0.25) is 10.0 Å². The molecule has 0 bridgehead atoms. The van der Waals surface area contributed by atoms with Crippen molar-refractivity contribution >= 4 is 21.6 Å². The Hall–Kier alpha value is -0.620. The average molecular weight is 306 g/mol. The molecule has 0 amide bonds. The Morgan fingerprint density at radius 2 is 1.95 bits per heavy atom. The highest BCUT2D eigenvalue weighted by atomic mass is 35.5. The molecule has 1 rings (SSSR count). The van der Waals surface area contributed by atoms with Crippen LogP contribution in [0.5, 0.6) is 0 Å². The van der Waals surface area contributed by atoms with Crippen molar-refractivity contribution in [3.05, 3.63) is 28.8 Å². The van der Waals surface area contributed by atoms with E-state index in [1.807, 2.05) is 20.8 Å². The summed E-state index contributed by atoms with van der Waals surface area (Å²) in [6.07, 6.45) is 0.726. The zero-order valence-corrected chi connectivity index (χ0v) is 13.0. The summed E-state index contributed by atoms with van der Waals surface area (Å²) in [4.78, 5) is 0.00891. The number of sulfonamides is 1. The normalized spacial score (nSPS) is 12.7. The highest BCUT2D eigenvalue weighted by molar-refractivity contribution is 7.89. The summed E-state index contributed by atoms with van der Waals surface area (Å²) in [5.74, 6) is 0. The molecule has 19 heavy (non-hydrogen) atoms. The fourth-order valence-electron chi connectivity index (χ4n) is 1.49. The number of aliphatic hydroxyl groups excluding tert-OH is 1. The van der Waals surface area contributed by atoms with Gasteiger partial charge in [0.15, 0.2) is 0 Å². The molecule has 0 saturated carbocycles. The van der Waals surface area contributed by atoms with Gasteiger partial charge >= 0.3 is 0 Å². The number of hydrogen-bond donors (Lipinski definition) is 2. The topological polar surface area (TPSA) is 66.4 Å². The second-order valence-corrected chi connectivity index (χ2v) is 7.77. The highest BCUT2D eigenvalue weighted by Crippen LogP contribution is 2.23. The Kier molecular flexibility index (Phi) is 5.38. The molecule has 0 fully saturated rings. The van der Waals surface area contributed by atoms with Crippen LogP contribution in [0, 0.1) is 5.41 Å². The first-order valence-electron chi connectivity index (χ1n) is 6.05. The molecule has 0 atom stereocenters. The number of nitrogens with one attached hydrogen (secondary N) is 1. The van der Waals surface area contributed by atoms with Gasteiger partial charge in [0.25, 0.3) is 0 Å². The summed E-state index contributed by atoms with van der Waals surface area (Å²) in [6, 6.07) is 4.46. The van der Waals surface area contributed by atoms with E-state index in [-0.39, 0.29) is 21.9 Å². The lowest BCUT2D eigenvalue weighted by atomic mass is 9.93. The molecule has 0 heterocycles. The Morgan fingerprint density at radius 3 is 2.47 bits per heavy atom. The fraction of sp³-hybridized carbons (Fsp3) is 0.538. The van der Waals surface area contributed by atoms with E-state index in [1.54, 1.807) is 6.07 Å². The Bertz CT molecular complexity index is 535. The maximum absolute atomic E-state index is 12.1. The van der Waals surface area contributed by atoms with Gasteiger partial charge in [-0.05, 0) is 29.5 Å². The fourth-order valence-corrected chi connectivity index (χ4v) is 3.07. The lowest BCUT2D eigenvalue weighted by Crippen LogP contribution is -2.27. The second-order valence-electron chi connectivity index (χ2n) is 5.63. The first kappa shape index (κ1) is 16.4. The first-order valence-corrected chi connectivity index (χ1v) is 7.91. The predicted octanol–water partition coefficient (Wildman–Crippen LogP) is 2.55. The first-order chi connectivity index (χ1) is 8.65. The van der Waals surface area contributed by atoms with Crippen LogP contribution in [-0.4, -0.2) is 20.1 Å². The second kappa shape index (κ2) is 6.22. The Labute approximate surface area is 119 Å². The predicted molar refractivity (Wildman–Crippen MR) is 76.6 cm³/mol. The molecule has 6 heteroatoms. The van der Waals surface area contributed by atoms with Gasteiger partial charge in [-0.2, -0.15) is 0 Å². The number of benzene rings is 1. The van der Waals surface area contributed by atoms with Gasteiger partial charge < -0.3 is 5.11 Å². The van der Waals surface area contributed by atoms with Crippen LogP contribution in [0.2, 0.25) is 5.02 Å². The molecule has 0 aliphatic rings. The molecular formula is C13H20ClNO3S. The van der Waals surface area contributed by atoms with E-state index in [0.29, 0.717) is 12.1 Å². The van der Waals surface area contributed by atoms with Crippen molar-refractivity contribution in [2.75, 3.05) is 6.54 Å². The molecule has 0 aliphatic carbocycles. The third kappa shape index (κ3) is 5.10. The van der Waals surface area contributed by atoms with Crippen molar-refractivity contribution in [1.29, 1.82) is 0 Å². The number of rotatable bonds is 5. The summed E-state index contributed by atoms with van der Waals surface area (Å²) < 4.78 is 26.8. The van der Waals surface area contributed by atoms with Gasteiger partial charge in [0.05, 0.1) is 11.6 Å². The van der Waals surface area contributed by atoms with Crippen molar-refractivity contribution in [3.63, 3.8) is 0 Å². The van der Waals surface area contributed by atoms with Crippen molar-refractivity contribution in [2.45, 2.75) is 38.7 Å². The lowest BCUT2D eigenvalue weighted by molar-refractivity contribution is 0.281. The van der Waals surface area contributed by atoms with Crippen LogP contribution in [0.15, 0.2) is 23.1 Å². The quantitative estimate of drug-likeness (QED) is 0.878. The van der Waals surface area contributed by atoms with Gasteiger partial charge in [0.1, 0.15) is 4.90 Å². The minimum absolute atomic E-state index is 0.00891. The van der Waals surface area contributed by atoms with Crippen LogP contribution in [0.3, 0.4) is 0 Å². The molecule has 108 valence electrons. The SMILES string of the molecule is CC(C)(C)CCNS(=O)(=O)c1cc(CO)ccc1Cl. The largest absolute Gasteiger partial charge is 0.392 e. The van der Waals surface area contributed by atoms with Crippen molar-refractivity contribution < 1.29 is 13.5 Å². The Morgan fingerprint density at radius 1 is 1.32 bits per heavy atom. The molecule has 0 radical (unpaired) electrons. The molecule has 2 N–H and O–H groups in total. The van der Waals surface area contributed by atoms with Crippen LogP contribution >= 0.6 is 11.6 Å². The van der Waals surface area contributed by atoms with Gasteiger partial charge in [0, 0.05) is 6.54 Å². The third-order valence-electron chi connectivity index (χ3n) is 2.63. The minimum atomic E-state index is -3.64. The van der Waals surface area contributed by atoms with Crippen LogP contribution in [0.1, 0.15) is 32.8 Å². The van der Waals surface area contributed by atoms with E-state index in [0.717, 1.165) is 6.42 Å². The van der Waals surface area contributed by atoms with E-state index in [2.05, 4.69) is 4.72 Å². The highest BCUT2D eigenvalue weighted by Gasteiger charge is 2.19. The van der Waals surface area contributed by atoms with E-state index in [4.69, 9.17) is 16.7 Å². The molecule has 0 spiro atoms. The van der Waals surface area contributed by atoms with Crippen LogP contribution in [-0.2, 0) is 16.6 Å². The minimum Gasteiger partial charge on any atom is -0.392 e. The summed E-state index contributed by atoms with van der Waals surface area (Å²) in [5.41, 5.74) is 0.569. The summed E-state index contributed by atoms with van der Waals surface area (Å²) in [7, 11) is -3.64. The smallest absolute Gasteiger partial charge is 0.242 e. The van der Waals surface area contributed by atoms with Crippen LogP contribution < -0.4 is 4.72 Å². The van der Waals surface area contributed by atoms with E-state index < -0.39 is 10.0 Å². The zero-order valence-electron chi connectivity index (χ0n) is 11.4. The monoisotopic (exact) mass is 305 g/mol. The lowest BCUT2D eigenvalue weighted by Gasteiger charge is -2.18. The van der Waals surface area contributed by atoms with Crippen molar-refractivity contribution in [1.82, 2.24) is 4.72 Å². The van der Waals surface area contributed by atoms with Gasteiger partial charge in [-0.3, -0.25) is 0 Å². The zero-order chi connectivity index (χ0) is 14.7.